The minimum atomic E-state index is -0.722. The molecular weight excluding hydrogens is 454 g/mol. The first kappa shape index (κ1) is 21.5. The van der Waals surface area contributed by atoms with Gasteiger partial charge in [-0.3, -0.25) is 14.2 Å². The highest BCUT2D eigenvalue weighted by Crippen LogP contribution is 2.24. The van der Waals surface area contributed by atoms with Crippen molar-refractivity contribution in [2.24, 2.45) is 0 Å². The molecule has 0 aliphatic heterocycles. The first-order valence-corrected chi connectivity index (χ1v) is 10.9. The topological polar surface area (TPSA) is 84.2 Å². The molecule has 2 aromatic carbocycles. The smallest absolute Gasteiger partial charge is 0.262 e. The number of aliphatic hydroxyl groups excluding tert-OH is 1. The van der Waals surface area contributed by atoms with E-state index < -0.39 is 11.4 Å². The van der Waals surface area contributed by atoms with Crippen LogP contribution in [0.5, 0.6) is 0 Å². The Bertz CT molecular complexity index is 1070. The number of nitrogens with zero attached hydrogens (tertiary/aromatic N) is 2. The fourth-order valence-electron chi connectivity index (χ4n) is 2.83. The van der Waals surface area contributed by atoms with Crippen LogP contribution < -0.4 is 10.9 Å². The van der Waals surface area contributed by atoms with Crippen molar-refractivity contribution in [3.05, 3.63) is 68.9 Å². The fraction of sp³-hybridized carbons (Fsp3) is 0.286. The number of halogens is 1. The third-order valence-corrected chi connectivity index (χ3v) is 5.87. The zero-order chi connectivity index (χ0) is 21.0. The summed E-state index contributed by atoms with van der Waals surface area (Å²) in [5.74, 6) is -0.146. The van der Waals surface area contributed by atoms with Crippen molar-refractivity contribution in [2.75, 3.05) is 0 Å². The number of amides is 1. The average Bonchev–Trinajstić information content (AvgIpc) is 2.70. The first-order chi connectivity index (χ1) is 13.8. The largest absolute Gasteiger partial charge is 0.392 e. The maximum atomic E-state index is 13.0. The van der Waals surface area contributed by atoms with Crippen LogP contribution in [0, 0.1) is 0 Å². The molecule has 0 saturated heterocycles. The standard InChI is InChI=1S/C21H22BrN3O3S/c1-13(26)12-25-20(28)17-10-16(22)8-9-18(17)24-21(25)29-14(2)19(27)23-11-15-6-4-3-5-7-15/h3-10,13-14,26H,11-12H2,1-2H3,(H,23,27)/t13-,14+/m1/s1. The first-order valence-electron chi connectivity index (χ1n) is 9.21. The van der Waals surface area contributed by atoms with Gasteiger partial charge in [0, 0.05) is 11.0 Å². The Balaban J connectivity index is 1.84. The third-order valence-electron chi connectivity index (χ3n) is 4.29. The van der Waals surface area contributed by atoms with Gasteiger partial charge in [0.2, 0.25) is 5.91 Å². The number of carbonyl (C=O) groups excluding carboxylic acids is 1. The van der Waals surface area contributed by atoms with Crippen molar-refractivity contribution in [1.29, 1.82) is 0 Å². The fourth-order valence-corrected chi connectivity index (χ4v) is 4.13. The normalized spacial score (nSPS) is 13.2. The summed E-state index contributed by atoms with van der Waals surface area (Å²) in [4.78, 5) is 30.1. The van der Waals surface area contributed by atoms with Gasteiger partial charge < -0.3 is 10.4 Å². The lowest BCUT2D eigenvalue weighted by molar-refractivity contribution is -0.120. The van der Waals surface area contributed by atoms with E-state index in [1.807, 2.05) is 36.4 Å². The van der Waals surface area contributed by atoms with Crippen molar-refractivity contribution in [3.63, 3.8) is 0 Å². The van der Waals surface area contributed by atoms with Gasteiger partial charge in [-0.15, -0.1) is 0 Å². The summed E-state index contributed by atoms with van der Waals surface area (Å²) in [6, 6.07) is 15.0. The maximum absolute atomic E-state index is 13.0. The number of thioether (sulfide) groups is 1. The molecule has 2 N–H and O–H groups in total. The summed E-state index contributed by atoms with van der Waals surface area (Å²) in [5.41, 5.74) is 1.33. The third kappa shape index (κ3) is 5.46. The van der Waals surface area contributed by atoms with Gasteiger partial charge in [0.05, 0.1) is 28.8 Å². The molecule has 0 saturated carbocycles. The molecule has 8 heteroatoms. The Kier molecular flexibility index (Phi) is 7.10. The summed E-state index contributed by atoms with van der Waals surface area (Å²) in [7, 11) is 0. The van der Waals surface area contributed by atoms with E-state index in [0.29, 0.717) is 22.6 Å². The molecule has 1 amide bonds. The van der Waals surface area contributed by atoms with E-state index in [4.69, 9.17) is 0 Å². The van der Waals surface area contributed by atoms with Gasteiger partial charge in [-0.2, -0.15) is 0 Å². The van der Waals surface area contributed by atoms with E-state index in [1.165, 1.54) is 16.3 Å². The van der Waals surface area contributed by atoms with Crippen LogP contribution in [-0.4, -0.2) is 31.9 Å². The number of aliphatic hydroxyl groups is 1. The lowest BCUT2D eigenvalue weighted by atomic mass is 10.2. The van der Waals surface area contributed by atoms with Crippen LogP contribution >= 0.6 is 27.7 Å². The molecule has 6 nitrogen and oxygen atoms in total. The van der Waals surface area contributed by atoms with Crippen molar-refractivity contribution >= 4 is 44.5 Å². The van der Waals surface area contributed by atoms with Crippen LogP contribution in [0.25, 0.3) is 10.9 Å². The monoisotopic (exact) mass is 475 g/mol. The summed E-state index contributed by atoms with van der Waals surface area (Å²) < 4.78 is 2.21. The number of aromatic nitrogens is 2. The number of hydrogen-bond donors (Lipinski definition) is 2. The number of rotatable bonds is 7. The molecule has 0 unspecified atom stereocenters. The Morgan fingerprint density at radius 3 is 2.66 bits per heavy atom. The van der Waals surface area contributed by atoms with Crippen molar-refractivity contribution in [3.8, 4) is 0 Å². The Morgan fingerprint density at radius 1 is 1.24 bits per heavy atom. The van der Waals surface area contributed by atoms with E-state index in [0.717, 1.165) is 10.0 Å². The number of fused-ring (bicyclic) bond motifs is 1. The van der Waals surface area contributed by atoms with Crippen LogP contribution in [0.2, 0.25) is 0 Å². The second-order valence-electron chi connectivity index (χ2n) is 6.78. The summed E-state index contributed by atoms with van der Waals surface area (Å²) in [6.07, 6.45) is -0.722. The van der Waals surface area contributed by atoms with Crippen LogP contribution in [0.4, 0.5) is 0 Å². The van der Waals surface area contributed by atoms with E-state index in [1.54, 1.807) is 26.0 Å². The number of nitrogens with one attached hydrogen (secondary N) is 1. The van der Waals surface area contributed by atoms with Crippen LogP contribution in [0.1, 0.15) is 19.4 Å². The van der Waals surface area contributed by atoms with Gasteiger partial charge in [-0.1, -0.05) is 58.0 Å². The van der Waals surface area contributed by atoms with E-state index in [-0.39, 0.29) is 18.0 Å². The van der Waals surface area contributed by atoms with Gasteiger partial charge >= 0.3 is 0 Å². The Labute approximate surface area is 181 Å². The van der Waals surface area contributed by atoms with E-state index in [9.17, 15) is 14.7 Å². The molecule has 0 aliphatic carbocycles. The average molecular weight is 476 g/mol. The second kappa shape index (κ2) is 9.56. The molecular formula is C21H22BrN3O3S. The molecule has 0 aliphatic rings. The predicted octanol–water partition coefficient (Wildman–Crippen LogP) is 3.34. The SMILES string of the molecule is C[C@H](Sc1nc2ccc(Br)cc2c(=O)n1C[C@@H](C)O)C(=O)NCc1ccccc1. The number of benzene rings is 2. The zero-order valence-corrected chi connectivity index (χ0v) is 18.5. The minimum Gasteiger partial charge on any atom is -0.392 e. The summed E-state index contributed by atoms with van der Waals surface area (Å²) in [6.45, 7) is 3.93. The minimum absolute atomic E-state index is 0.106. The molecule has 0 spiro atoms. The lowest BCUT2D eigenvalue weighted by Gasteiger charge is -2.17. The number of carbonyl (C=O) groups is 1. The highest BCUT2D eigenvalue weighted by molar-refractivity contribution is 9.10. The quantitative estimate of drug-likeness (QED) is 0.404. The molecule has 1 aromatic heterocycles. The van der Waals surface area contributed by atoms with Crippen LogP contribution in [-0.2, 0) is 17.9 Å². The molecule has 29 heavy (non-hydrogen) atoms. The zero-order valence-electron chi connectivity index (χ0n) is 16.1. The molecule has 152 valence electrons. The summed E-state index contributed by atoms with van der Waals surface area (Å²) >= 11 is 4.58. The second-order valence-corrected chi connectivity index (χ2v) is 9.01. The van der Waals surface area contributed by atoms with Crippen LogP contribution in [0.15, 0.2) is 63.0 Å². The van der Waals surface area contributed by atoms with Gasteiger partial charge in [0.15, 0.2) is 5.16 Å². The van der Waals surface area contributed by atoms with Gasteiger partial charge in [0.25, 0.3) is 5.56 Å². The molecule has 3 aromatic rings. The van der Waals surface area contributed by atoms with Crippen molar-refractivity contribution in [2.45, 2.75) is 43.4 Å². The Hall–Kier alpha value is -2.16. The highest BCUT2D eigenvalue weighted by atomic mass is 79.9. The molecule has 2 atom stereocenters. The predicted molar refractivity (Wildman–Crippen MR) is 119 cm³/mol. The van der Waals surface area contributed by atoms with Crippen LogP contribution in [0.3, 0.4) is 0 Å². The van der Waals surface area contributed by atoms with Gasteiger partial charge in [0.1, 0.15) is 0 Å². The van der Waals surface area contributed by atoms with E-state index in [2.05, 4.69) is 26.2 Å². The maximum Gasteiger partial charge on any atom is 0.262 e. The highest BCUT2D eigenvalue weighted by Gasteiger charge is 2.20. The molecule has 0 radical (unpaired) electrons. The Morgan fingerprint density at radius 2 is 1.97 bits per heavy atom. The van der Waals surface area contributed by atoms with Crippen molar-refractivity contribution in [1.82, 2.24) is 14.9 Å². The summed E-state index contributed by atoms with van der Waals surface area (Å²) in [5, 5.41) is 13.2. The molecule has 3 rings (SSSR count). The molecule has 0 fully saturated rings. The van der Waals surface area contributed by atoms with Gasteiger partial charge in [-0.05, 0) is 37.6 Å². The molecule has 0 bridgehead atoms. The van der Waals surface area contributed by atoms with Gasteiger partial charge in [-0.25, -0.2) is 4.98 Å². The lowest BCUT2D eigenvalue weighted by Crippen LogP contribution is -2.32. The molecule has 1 heterocycles. The van der Waals surface area contributed by atoms with Crippen molar-refractivity contribution < 1.29 is 9.90 Å². The van der Waals surface area contributed by atoms with E-state index >= 15 is 0 Å². The number of hydrogen-bond acceptors (Lipinski definition) is 5.